The second-order valence-corrected chi connectivity index (χ2v) is 9.74. The van der Waals surface area contributed by atoms with Crippen LogP contribution >= 0.6 is 47.8 Å². The molecule has 0 heterocycles. The summed E-state index contributed by atoms with van der Waals surface area (Å²) in [5.74, 6) is -0.177. The van der Waals surface area contributed by atoms with Crippen LogP contribution < -0.4 is 10.9 Å². The zero-order chi connectivity index (χ0) is 19.5. The molecule has 0 N–H and O–H groups in total. The highest BCUT2D eigenvalue weighted by atomic mass is 79.9. The van der Waals surface area contributed by atoms with E-state index in [1.807, 2.05) is 0 Å². The zero-order valence-corrected chi connectivity index (χ0v) is 18.6. The minimum atomic E-state index is -0.177. The predicted octanol–water partition coefficient (Wildman–Crippen LogP) is 6.87. The monoisotopic (exact) mass is 555 g/mol. The summed E-state index contributed by atoms with van der Waals surface area (Å²) in [7, 11) is 0. The third-order valence-electron chi connectivity index (χ3n) is 5.53. The van der Waals surface area contributed by atoms with Gasteiger partial charge in [0.15, 0.2) is 16.6 Å². The van der Waals surface area contributed by atoms with Gasteiger partial charge in [-0.1, -0.05) is 47.8 Å². The number of hydrogen-bond acceptors (Lipinski definition) is 2. The van der Waals surface area contributed by atoms with E-state index >= 15 is 0 Å². The van der Waals surface area contributed by atoms with Gasteiger partial charge < -0.3 is 0 Å². The van der Waals surface area contributed by atoms with Crippen molar-refractivity contribution < 1.29 is 5.11 Å². The van der Waals surface area contributed by atoms with Crippen LogP contribution in [-0.4, -0.2) is 0 Å². The fourth-order valence-corrected chi connectivity index (χ4v) is 5.89. The van der Waals surface area contributed by atoms with Crippen molar-refractivity contribution in [1.29, 1.82) is 0 Å². The molecule has 0 fully saturated rings. The van der Waals surface area contributed by atoms with Crippen LogP contribution in [-0.2, 0) is 5.11 Å². The van der Waals surface area contributed by atoms with E-state index in [1.165, 1.54) is 0 Å². The van der Waals surface area contributed by atoms with E-state index < -0.39 is 0 Å². The molecule has 133 valence electrons. The molecule has 28 heavy (non-hydrogen) atoms. The van der Waals surface area contributed by atoms with Crippen LogP contribution in [0.4, 0.5) is 0 Å². The summed E-state index contributed by atoms with van der Waals surface area (Å²) < 4.78 is 2.02. The van der Waals surface area contributed by atoms with Gasteiger partial charge in [-0.25, -0.2) is 0 Å². The standard InChI is InChI=1S/C22H6Br3O3/c23-7-1-10-16-11(2-7)21(27)14-5-9(25)6-15-18(14)19(16)17-12(20(10)26)3-8(24)4-13(17)22(15)28/h1-6H. The third kappa shape index (κ3) is 1.88. The summed E-state index contributed by atoms with van der Waals surface area (Å²) >= 11 is 10.3. The van der Waals surface area contributed by atoms with Crippen LogP contribution in [0.25, 0.3) is 54.2 Å². The van der Waals surface area contributed by atoms with Gasteiger partial charge in [-0.3, -0.25) is 14.7 Å². The lowest BCUT2D eigenvalue weighted by molar-refractivity contribution is 0.365. The molecule has 2 aliphatic rings. The van der Waals surface area contributed by atoms with Crippen LogP contribution in [0.3, 0.4) is 0 Å². The lowest BCUT2D eigenvalue weighted by atomic mass is 9.81. The van der Waals surface area contributed by atoms with Crippen molar-refractivity contribution in [1.82, 2.24) is 0 Å². The van der Waals surface area contributed by atoms with Crippen molar-refractivity contribution in [3.05, 3.63) is 70.3 Å². The van der Waals surface area contributed by atoms with Crippen molar-refractivity contribution >= 4 is 90.9 Å². The first-order chi connectivity index (χ1) is 13.4. The molecule has 0 saturated carbocycles. The summed E-state index contributed by atoms with van der Waals surface area (Å²) in [5.41, 5.74) is 1.09. The van der Waals surface area contributed by atoms with Gasteiger partial charge in [0, 0.05) is 67.6 Å². The quantitative estimate of drug-likeness (QED) is 0.151. The highest BCUT2D eigenvalue weighted by Gasteiger charge is 2.29. The van der Waals surface area contributed by atoms with Gasteiger partial charge in [-0.15, -0.1) is 0 Å². The van der Waals surface area contributed by atoms with Crippen molar-refractivity contribution in [2.75, 3.05) is 0 Å². The Morgan fingerprint density at radius 1 is 0.500 bits per heavy atom. The fraction of sp³-hybridized carbons (Fsp3) is 0. The average molecular weight is 558 g/mol. The lowest BCUT2D eigenvalue weighted by Gasteiger charge is -2.22. The van der Waals surface area contributed by atoms with Gasteiger partial charge >= 0.3 is 0 Å². The number of benzene rings is 6. The van der Waals surface area contributed by atoms with E-state index in [2.05, 4.69) is 47.8 Å². The molecule has 0 atom stereocenters. The fourth-order valence-electron chi connectivity index (χ4n) is 4.51. The van der Waals surface area contributed by atoms with E-state index in [9.17, 15) is 14.7 Å². The molecule has 0 aliphatic heterocycles. The zero-order valence-electron chi connectivity index (χ0n) is 13.8. The summed E-state index contributed by atoms with van der Waals surface area (Å²) in [6.07, 6.45) is 0. The lowest BCUT2D eigenvalue weighted by Crippen LogP contribution is -2.13. The van der Waals surface area contributed by atoms with Crippen molar-refractivity contribution in [2.45, 2.75) is 0 Å². The molecule has 6 heteroatoms. The molecular formula is C22H6Br3O3. The van der Waals surface area contributed by atoms with E-state index in [-0.39, 0.29) is 16.6 Å². The van der Waals surface area contributed by atoms with Gasteiger partial charge in [0.1, 0.15) is 0 Å². The van der Waals surface area contributed by atoms with Crippen LogP contribution in [0, 0.1) is 0 Å². The van der Waals surface area contributed by atoms with Crippen LogP contribution in [0.15, 0.2) is 59.4 Å². The normalized spacial score (nSPS) is 12.5. The first-order valence-electron chi connectivity index (χ1n) is 8.39. The second kappa shape index (κ2) is 5.32. The van der Waals surface area contributed by atoms with E-state index in [1.54, 1.807) is 36.4 Å². The maximum absolute atomic E-state index is 13.3. The van der Waals surface area contributed by atoms with Gasteiger partial charge in [0.2, 0.25) is 0 Å². The molecule has 0 spiro atoms. The Balaban J connectivity index is 2.19. The largest absolute Gasteiger partial charge is 0.289 e. The Morgan fingerprint density at radius 2 is 0.857 bits per heavy atom. The van der Waals surface area contributed by atoms with Gasteiger partial charge in [0.05, 0.1) is 0 Å². The first-order valence-corrected chi connectivity index (χ1v) is 10.8. The summed E-state index contributed by atoms with van der Waals surface area (Å²) in [5, 5.41) is 17.5. The Kier molecular flexibility index (Phi) is 3.21. The Bertz CT molecular complexity index is 1570. The maximum atomic E-state index is 13.3. The molecule has 1 radical (unpaired) electrons. The molecule has 4 aromatic carbocycles. The van der Waals surface area contributed by atoms with Crippen LogP contribution in [0.5, 0.6) is 5.75 Å². The third-order valence-corrected chi connectivity index (χ3v) is 6.90. The number of rotatable bonds is 0. The molecule has 0 amide bonds. The Morgan fingerprint density at radius 3 is 1.29 bits per heavy atom. The molecule has 4 aromatic rings. The molecule has 6 rings (SSSR count). The molecule has 0 bridgehead atoms. The summed E-state index contributed by atoms with van der Waals surface area (Å²) in [4.78, 5) is 26.6. The molecule has 0 saturated heterocycles. The van der Waals surface area contributed by atoms with Crippen molar-refractivity contribution in [3.8, 4) is 16.9 Å². The second-order valence-electron chi connectivity index (χ2n) is 6.99. The highest BCUT2D eigenvalue weighted by molar-refractivity contribution is 9.11. The number of halogens is 3. The maximum Gasteiger partial charge on any atom is 0.194 e. The van der Waals surface area contributed by atoms with Gasteiger partial charge in [-0.2, -0.15) is 0 Å². The Labute approximate surface area is 182 Å². The van der Waals surface area contributed by atoms with Gasteiger partial charge in [-0.05, 0) is 36.4 Å². The molecular weight excluding hydrogens is 552 g/mol. The number of hydrogen-bond donors (Lipinski definition) is 0. The van der Waals surface area contributed by atoms with E-state index in [4.69, 9.17) is 0 Å². The minimum absolute atomic E-state index is 0.177. The van der Waals surface area contributed by atoms with Gasteiger partial charge in [0.25, 0.3) is 0 Å². The van der Waals surface area contributed by atoms with Crippen molar-refractivity contribution in [3.63, 3.8) is 0 Å². The summed E-state index contributed by atoms with van der Waals surface area (Å²) in [6.45, 7) is 0. The molecule has 0 aromatic heterocycles. The molecule has 2 aliphatic carbocycles. The molecule has 0 unspecified atom stereocenters. The van der Waals surface area contributed by atoms with E-state index in [0.29, 0.717) is 62.1 Å². The topological polar surface area (TPSA) is 54.0 Å². The van der Waals surface area contributed by atoms with E-state index in [0.717, 1.165) is 5.56 Å². The summed E-state index contributed by atoms with van der Waals surface area (Å²) in [6, 6.07) is 10.5. The smallest absolute Gasteiger partial charge is 0.194 e. The SMILES string of the molecule is [O]c1c2cc(Br)cc3c(=O)c4cc(Br)cc5c4-c(c23)c2c1cc(Br)cc2c5=O. The first kappa shape index (κ1) is 16.9. The minimum Gasteiger partial charge on any atom is -0.289 e. The van der Waals surface area contributed by atoms with Crippen molar-refractivity contribution in [2.24, 2.45) is 0 Å². The van der Waals surface area contributed by atoms with Crippen LogP contribution in [0.2, 0.25) is 0 Å². The molecule has 3 nitrogen and oxygen atoms in total. The predicted molar refractivity (Wildman–Crippen MR) is 122 cm³/mol. The Hall–Kier alpha value is -2.02. The average Bonchev–Trinajstić information content (AvgIpc) is 2.65. The highest BCUT2D eigenvalue weighted by Crippen LogP contribution is 2.51. The van der Waals surface area contributed by atoms with Crippen LogP contribution in [0.1, 0.15) is 0 Å².